The van der Waals surface area contributed by atoms with Crippen molar-refractivity contribution in [2.24, 2.45) is 0 Å². The molecule has 25 heavy (non-hydrogen) atoms. The molecule has 0 atom stereocenters. The van der Waals surface area contributed by atoms with E-state index < -0.39 is 10.8 Å². The Morgan fingerprint density at radius 1 is 1.28 bits per heavy atom. The molecule has 0 spiro atoms. The maximum absolute atomic E-state index is 12.5. The second-order valence-corrected chi connectivity index (χ2v) is 5.29. The first kappa shape index (κ1) is 16.2. The van der Waals surface area contributed by atoms with Gasteiger partial charge in [-0.15, -0.1) is 5.10 Å². The van der Waals surface area contributed by atoms with Crippen LogP contribution in [-0.4, -0.2) is 36.0 Å². The zero-order valence-electron chi connectivity index (χ0n) is 13.4. The van der Waals surface area contributed by atoms with Gasteiger partial charge in [0.1, 0.15) is 12.5 Å². The van der Waals surface area contributed by atoms with Crippen molar-refractivity contribution < 1.29 is 9.72 Å². The fourth-order valence-corrected chi connectivity index (χ4v) is 2.21. The van der Waals surface area contributed by atoms with Crippen LogP contribution in [0.4, 0.5) is 11.4 Å². The van der Waals surface area contributed by atoms with Crippen LogP contribution in [0, 0.1) is 24.0 Å². The molecule has 0 bridgehead atoms. The zero-order valence-corrected chi connectivity index (χ0v) is 13.4. The predicted octanol–water partition coefficient (Wildman–Crippen LogP) is 1.83. The Hall–Kier alpha value is -3.69. The predicted molar refractivity (Wildman–Crippen MR) is 87.5 cm³/mol. The van der Waals surface area contributed by atoms with Crippen molar-refractivity contribution >= 4 is 17.3 Å². The number of tetrazole rings is 1. The maximum Gasteiger partial charge on any atom is 0.288 e. The van der Waals surface area contributed by atoms with Crippen molar-refractivity contribution in [2.75, 3.05) is 5.32 Å². The summed E-state index contributed by atoms with van der Waals surface area (Å²) < 4.78 is 1.45. The Balaban J connectivity index is 1.92. The van der Waals surface area contributed by atoms with E-state index in [-0.39, 0.29) is 11.3 Å². The molecule has 0 saturated heterocycles. The van der Waals surface area contributed by atoms with Gasteiger partial charge in [-0.25, -0.2) is 4.68 Å². The van der Waals surface area contributed by atoms with E-state index >= 15 is 0 Å². The molecule has 1 N–H and O–H groups in total. The highest BCUT2D eigenvalue weighted by molar-refractivity contribution is 6.05. The van der Waals surface area contributed by atoms with E-state index in [2.05, 4.69) is 25.8 Å². The van der Waals surface area contributed by atoms with Crippen LogP contribution in [0.2, 0.25) is 0 Å². The quantitative estimate of drug-likeness (QED) is 0.567. The average molecular weight is 339 g/mol. The van der Waals surface area contributed by atoms with Gasteiger partial charge in [-0.05, 0) is 42.0 Å². The standard InChI is InChI=1S/C15H13N7O3/c1-9-3-4-11(21-8-17-19-20-21)6-14(9)18-15(23)13-5-12(22(24)25)7-16-10(13)2/h3-8H,1-2H3,(H,18,23). The van der Waals surface area contributed by atoms with Gasteiger partial charge in [0.2, 0.25) is 0 Å². The summed E-state index contributed by atoms with van der Waals surface area (Å²) in [7, 11) is 0. The second kappa shape index (κ2) is 6.43. The summed E-state index contributed by atoms with van der Waals surface area (Å²) in [5, 5.41) is 24.6. The summed E-state index contributed by atoms with van der Waals surface area (Å²) in [5.74, 6) is -0.481. The van der Waals surface area contributed by atoms with Gasteiger partial charge in [-0.1, -0.05) is 6.07 Å². The fourth-order valence-electron chi connectivity index (χ4n) is 2.21. The van der Waals surface area contributed by atoms with E-state index in [9.17, 15) is 14.9 Å². The number of nitrogens with zero attached hydrogens (tertiary/aromatic N) is 6. The molecular weight excluding hydrogens is 326 g/mol. The molecule has 0 aliphatic carbocycles. The molecule has 3 aromatic rings. The summed E-state index contributed by atoms with van der Waals surface area (Å²) in [4.78, 5) is 26.7. The van der Waals surface area contributed by atoms with Crippen molar-refractivity contribution in [1.29, 1.82) is 0 Å². The molecule has 0 aliphatic heterocycles. The molecule has 0 unspecified atom stereocenters. The molecule has 2 heterocycles. The minimum Gasteiger partial charge on any atom is -0.322 e. The molecule has 0 radical (unpaired) electrons. The van der Waals surface area contributed by atoms with Crippen LogP contribution in [0.1, 0.15) is 21.6 Å². The first-order valence-corrected chi connectivity index (χ1v) is 7.22. The lowest BCUT2D eigenvalue weighted by Crippen LogP contribution is -2.15. The number of nitrogens with one attached hydrogen (secondary N) is 1. The lowest BCUT2D eigenvalue weighted by atomic mass is 10.1. The van der Waals surface area contributed by atoms with E-state index in [0.717, 1.165) is 11.8 Å². The fraction of sp³-hybridized carbons (Fsp3) is 0.133. The smallest absolute Gasteiger partial charge is 0.288 e. The summed E-state index contributed by atoms with van der Waals surface area (Å²) in [5.41, 5.74) is 2.33. The molecule has 0 aliphatic rings. The minimum atomic E-state index is -0.590. The molecule has 1 amide bonds. The zero-order chi connectivity index (χ0) is 18.0. The van der Waals surface area contributed by atoms with E-state index in [0.29, 0.717) is 17.1 Å². The van der Waals surface area contributed by atoms with Crippen LogP contribution in [0.3, 0.4) is 0 Å². The van der Waals surface area contributed by atoms with Gasteiger partial charge in [0.15, 0.2) is 0 Å². The summed E-state index contributed by atoms with van der Waals surface area (Å²) in [6.45, 7) is 3.44. The number of rotatable bonds is 4. The topological polar surface area (TPSA) is 129 Å². The van der Waals surface area contributed by atoms with Crippen LogP contribution in [0.5, 0.6) is 0 Å². The molecule has 0 saturated carbocycles. The molecule has 3 rings (SSSR count). The molecular formula is C15H13N7O3. The number of benzene rings is 1. The molecule has 126 valence electrons. The Morgan fingerprint density at radius 3 is 2.76 bits per heavy atom. The molecule has 2 aromatic heterocycles. The summed E-state index contributed by atoms with van der Waals surface area (Å²) in [6.07, 6.45) is 2.56. The second-order valence-electron chi connectivity index (χ2n) is 5.29. The number of hydrogen-bond donors (Lipinski definition) is 1. The number of aromatic nitrogens is 5. The SMILES string of the molecule is Cc1ccc(-n2cnnn2)cc1NC(=O)c1cc([N+](=O)[O-])cnc1C. The Bertz CT molecular complexity index is 954. The lowest BCUT2D eigenvalue weighted by Gasteiger charge is -2.11. The third-order valence-electron chi connectivity index (χ3n) is 3.61. The van der Waals surface area contributed by atoms with Gasteiger partial charge < -0.3 is 5.32 Å². The van der Waals surface area contributed by atoms with Crippen LogP contribution in [-0.2, 0) is 0 Å². The van der Waals surface area contributed by atoms with Crippen LogP contribution in [0.25, 0.3) is 5.69 Å². The first-order chi connectivity index (χ1) is 12.0. The molecule has 1 aromatic carbocycles. The van der Waals surface area contributed by atoms with Crippen molar-refractivity contribution in [3.63, 3.8) is 0 Å². The largest absolute Gasteiger partial charge is 0.322 e. The number of carbonyl (C=O) groups is 1. The summed E-state index contributed by atoms with van der Waals surface area (Å²) >= 11 is 0. The van der Waals surface area contributed by atoms with Gasteiger partial charge in [0.25, 0.3) is 11.6 Å². The van der Waals surface area contributed by atoms with Gasteiger partial charge in [0, 0.05) is 11.8 Å². The highest BCUT2D eigenvalue weighted by Crippen LogP contribution is 2.21. The number of pyridine rings is 1. The number of carbonyl (C=O) groups excluding carboxylic acids is 1. The molecule has 10 nitrogen and oxygen atoms in total. The van der Waals surface area contributed by atoms with Gasteiger partial charge in [0.05, 0.1) is 21.9 Å². The van der Waals surface area contributed by atoms with E-state index in [1.54, 1.807) is 13.0 Å². The number of hydrogen-bond acceptors (Lipinski definition) is 7. The summed E-state index contributed by atoms with van der Waals surface area (Å²) in [6, 6.07) is 6.54. The van der Waals surface area contributed by atoms with E-state index in [4.69, 9.17) is 0 Å². The molecule has 10 heteroatoms. The van der Waals surface area contributed by atoms with Gasteiger partial charge >= 0.3 is 0 Å². The minimum absolute atomic E-state index is 0.140. The van der Waals surface area contributed by atoms with E-state index in [1.807, 2.05) is 19.1 Å². The van der Waals surface area contributed by atoms with E-state index in [1.165, 1.54) is 17.1 Å². The Morgan fingerprint density at radius 2 is 2.08 bits per heavy atom. The number of nitro groups is 1. The highest BCUT2D eigenvalue weighted by atomic mass is 16.6. The third kappa shape index (κ3) is 3.32. The van der Waals surface area contributed by atoms with Gasteiger partial charge in [-0.3, -0.25) is 19.9 Å². The van der Waals surface area contributed by atoms with Crippen molar-refractivity contribution in [2.45, 2.75) is 13.8 Å². The average Bonchev–Trinajstić information content (AvgIpc) is 3.11. The number of anilines is 1. The van der Waals surface area contributed by atoms with Crippen molar-refractivity contribution in [3.8, 4) is 5.69 Å². The number of aryl methyl sites for hydroxylation is 2. The Labute approximate surface area is 141 Å². The Kier molecular flexibility index (Phi) is 4.16. The van der Waals surface area contributed by atoms with Crippen LogP contribution >= 0.6 is 0 Å². The monoisotopic (exact) mass is 339 g/mol. The van der Waals surface area contributed by atoms with Gasteiger partial charge in [-0.2, -0.15) is 0 Å². The lowest BCUT2D eigenvalue weighted by molar-refractivity contribution is -0.385. The maximum atomic E-state index is 12.5. The van der Waals surface area contributed by atoms with Crippen LogP contribution < -0.4 is 5.32 Å². The molecule has 0 fully saturated rings. The normalized spacial score (nSPS) is 10.5. The third-order valence-corrected chi connectivity index (χ3v) is 3.61. The first-order valence-electron chi connectivity index (χ1n) is 7.22. The van der Waals surface area contributed by atoms with Crippen molar-refractivity contribution in [1.82, 2.24) is 25.2 Å². The van der Waals surface area contributed by atoms with Crippen LogP contribution in [0.15, 0.2) is 36.8 Å². The highest BCUT2D eigenvalue weighted by Gasteiger charge is 2.17. The number of amides is 1. The van der Waals surface area contributed by atoms with Crippen molar-refractivity contribution in [3.05, 3.63) is 63.7 Å².